The summed E-state index contributed by atoms with van der Waals surface area (Å²) in [5, 5.41) is 28.5. The standard InChI is InChI=1S/C15H12O5/c16-9-3-1-8(2-4-9)11-7-20-13-6-10(17)5-12(18)14(13)15(11)19/h1-6,11,16-18H,7H2. The Morgan fingerprint density at radius 1 is 1.00 bits per heavy atom. The van der Waals surface area contributed by atoms with Crippen LogP contribution in [0.3, 0.4) is 0 Å². The van der Waals surface area contributed by atoms with Gasteiger partial charge >= 0.3 is 0 Å². The molecule has 0 aromatic heterocycles. The molecule has 0 radical (unpaired) electrons. The average molecular weight is 272 g/mol. The van der Waals surface area contributed by atoms with Crippen LogP contribution in [0.15, 0.2) is 36.4 Å². The van der Waals surface area contributed by atoms with Crippen molar-refractivity contribution in [2.75, 3.05) is 6.61 Å². The second-order valence-electron chi connectivity index (χ2n) is 4.66. The normalized spacial score (nSPS) is 17.4. The first-order valence-electron chi connectivity index (χ1n) is 6.08. The van der Waals surface area contributed by atoms with E-state index in [1.54, 1.807) is 12.1 Å². The van der Waals surface area contributed by atoms with Gasteiger partial charge in [-0.05, 0) is 17.7 Å². The van der Waals surface area contributed by atoms with Crippen molar-refractivity contribution in [1.82, 2.24) is 0 Å². The molecular weight excluding hydrogens is 260 g/mol. The van der Waals surface area contributed by atoms with Gasteiger partial charge in [0.15, 0.2) is 5.78 Å². The summed E-state index contributed by atoms with van der Waals surface area (Å²) in [7, 11) is 0. The number of benzene rings is 2. The first-order valence-corrected chi connectivity index (χ1v) is 6.08. The lowest BCUT2D eigenvalue weighted by atomic mass is 9.88. The predicted molar refractivity (Wildman–Crippen MR) is 70.4 cm³/mol. The number of hydrogen-bond donors (Lipinski definition) is 3. The van der Waals surface area contributed by atoms with Gasteiger partial charge in [-0.2, -0.15) is 0 Å². The van der Waals surface area contributed by atoms with Crippen molar-refractivity contribution in [1.29, 1.82) is 0 Å². The van der Waals surface area contributed by atoms with Gasteiger partial charge in [0, 0.05) is 12.1 Å². The van der Waals surface area contributed by atoms with Crippen molar-refractivity contribution >= 4 is 5.78 Å². The largest absolute Gasteiger partial charge is 0.508 e. The number of ether oxygens (including phenoxy) is 1. The molecule has 2 aromatic rings. The Hall–Kier alpha value is -2.69. The van der Waals surface area contributed by atoms with E-state index >= 15 is 0 Å². The minimum atomic E-state index is -0.543. The first kappa shape index (κ1) is 12.3. The van der Waals surface area contributed by atoms with Crippen LogP contribution in [0, 0.1) is 0 Å². The molecule has 102 valence electrons. The summed E-state index contributed by atoms with van der Waals surface area (Å²) in [4.78, 5) is 12.5. The number of aromatic hydroxyl groups is 3. The van der Waals surface area contributed by atoms with Crippen molar-refractivity contribution < 1.29 is 24.9 Å². The van der Waals surface area contributed by atoms with E-state index in [1.807, 2.05) is 0 Å². The molecule has 0 bridgehead atoms. The van der Waals surface area contributed by atoms with Crippen molar-refractivity contribution in [3.8, 4) is 23.0 Å². The summed E-state index contributed by atoms with van der Waals surface area (Å²) in [5.41, 5.74) is 0.776. The molecule has 3 rings (SSSR count). The topological polar surface area (TPSA) is 87.0 Å². The zero-order chi connectivity index (χ0) is 14.3. The van der Waals surface area contributed by atoms with Crippen LogP contribution in [-0.4, -0.2) is 27.7 Å². The molecule has 1 atom stereocenters. The van der Waals surface area contributed by atoms with Crippen molar-refractivity contribution in [2.24, 2.45) is 0 Å². The van der Waals surface area contributed by atoms with Gasteiger partial charge in [0.05, 0.1) is 5.92 Å². The van der Waals surface area contributed by atoms with Crippen LogP contribution in [-0.2, 0) is 0 Å². The Kier molecular flexibility index (Phi) is 2.75. The second kappa shape index (κ2) is 4.45. The fourth-order valence-electron chi connectivity index (χ4n) is 2.33. The Labute approximate surface area is 114 Å². The fourth-order valence-corrected chi connectivity index (χ4v) is 2.33. The smallest absolute Gasteiger partial charge is 0.181 e. The molecule has 0 spiro atoms. The highest BCUT2D eigenvalue weighted by Gasteiger charge is 2.33. The zero-order valence-electron chi connectivity index (χ0n) is 10.4. The lowest BCUT2D eigenvalue weighted by molar-refractivity contribution is 0.0892. The molecule has 5 nitrogen and oxygen atoms in total. The Bertz CT molecular complexity index is 675. The molecule has 0 aliphatic carbocycles. The van der Waals surface area contributed by atoms with Crippen molar-refractivity contribution in [3.63, 3.8) is 0 Å². The molecule has 0 fully saturated rings. The van der Waals surface area contributed by atoms with Gasteiger partial charge < -0.3 is 20.1 Å². The van der Waals surface area contributed by atoms with Gasteiger partial charge in [-0.15, -0.1) is 0 Å². The van der Waals surface area contributed by atoms with Crippen LogP contribution in [0.5, 0.6) is 23.0 Å². The van der Waals surface area contributed by atoms with E-state index in [-0.39, 0.29) is 41.0 Å². The van der Waals surface area contributed by atoms with Gasteiger partial charge in [-0.25, -0.2) is 0 Å². The first-order chi connectivity index (χ1) is 9.56. The predicted octanol–water partition coefficient (Wildman–Crippen LogP) is 2.16. The lowest BCUT2D eigenvalue weighted by Crippen LogP contribution is -2.26. The number of hydrogen-bond acceptors (Lipinski definition) is 5. The summed E-state index contributed by atoms with van der Waals surface area (Å²) in [6, 6.07) is 8.69. The maximum Gasteiger partial charge on any atom is 0.181 e. The lowest BCUT2D eigenvalue weighted by Gasteiger charge is -2.25. The highest BCUT2D eigenvalue weighted by molar-refractivity contribution is 6.06. The van der Waals surface area contributed by atoms with E-state index in [9.17, 15) is 20.1 Å². The Morgan fingerprint density at radius 3 is 2.40 bits per heavy atom. The number of Topliss-reactive ketones (excluding diaryl/α,β-unsaturated/α-hetero) is 1. The molecule has 1 aliphatic rings. The van der Waals surface area contributed by atoms with E-state index in [0.717, 1.165) is 6.07 Å². The van der Waals surface area contributed by atoms with Crippen LogP contribution in [0.25, 0.3) is 0 Å². The maximum atomic E-state index is 12.5. The molecule has 5 heteroatoms. The second-order valence-corrected chi connectivity index (χ2v) is 4.66. The fraction of sp³-hybridized carbons (Fsp3) is 0.133. The van der Waals surface area contributed by atoms with Crippen LogP contribution in [0.1, 0.15) is 21.8 Å². The maximum absolute atomic E-state index is 12.5. The molecule has 20 heavy (non-hydrogen) atoms. The molecule has 1 aliphatic heterocycles. The van der Waals surface area contributed by atoms with Gasteiger partial charge in [-0.1, -0.05) is 12.1 Å². The van der Waals surface area contributed by atoms with Crippen molar-refractivity contribution in [3.05, 3.63) is 47.5 Å². The van der Waals surface area contributed by atoms with Gasteiger partial charge in [0.1, 0.15) is 35.2 Å². The summed E-state index contributed by atoms with van der Waals surface area (Å²) < 4.78 is 5.45. The zero-order valence-corrected chi connectivity index (χ0v) is 10.4. The number of fused-ring (bicyclic) bond motifs is 1. The molecule has 0 amide bonds. The van der Waals surface area contributed by atoms with Gasteiger partial charge in [0.25, 0.3) is 0 Å². The third-order valence-electron chi connectivity index (χ3n) is 3.33. The van der Waals surface area contributed by atoms with E-state index in [4.69, 9.17) is 4.74 Å². The quantitative estimate of drug-likeness (QED) is 0.740. The summed E-state index contributed by atoms with van der Waals surface area (Å²) in [6.45, 7) is 0.125. The van der Waals surface area contributed by atoms with E-state index in [1.165, 1.54) is 18.2 Å². The summed E-state index contributed by atoms with van der Waals surface area (Å²) in [6.07, 6.45) is 0. The molecule has 2 aromatic carbocycles. The van der Waals surface area contributed by atoms with Gasteiger partial charge in [0.2, 0.25) is 0 Å². The molecule has 0 saturated heterocycles. The summed E-state index contributed by atoms with van der Waals surface area (Å²) in [5.74, 6) is -0.966. The van der Waals surface area contributed by atoms with E-state index < -0.39 is 5.92 Å². The van der Waals surface area contributed by atoms with Crippen LogP contribution < -0.4 is 4.74 Å². The minimum Gasteiger partial charge on any atom is -0.508 e. The molecule has 1 heterocycles. The molecule has 0 saturated carbocycles. The number of carbonyl (C=O) groups is 1. The highest BCUT2D eigenvalue weighted by atomic mass is 16.5. The average Bonchev–Trinajstić information content (AvgIpc) is 2.39. The van der Waals surface area contributed by atoms with Crippen LogP contribution in [0.4, 0.5) is 0 Å². The van der Waals surface area contributed by atoms with E-state index in [0.29, 0.717) is 5.56 Å². The molecule has 3 N–H and O–H groups in total. The van der Waals surface area contributed by atoms with Gasteiger partial charge in [-0.3, -0.25) is 4.79 Å². The molecular formula is C15H12O5. The number of phenolic OH excluding ortho intramolecular Hbond substituents is 3. The minimum absolute atomic E-state index is 0.0760. The SMILES string of the molecule is O=C1c2c(O)cc(O)cc2OCC1c1ccc(O)cc1. The Morgan fingerprint density at radius 2 is 1.70 bits per heavy atom. The number of rotatable bonds is 1. The Balaban J connectivity index is 2.03. The molecule has 1 unspecified atom stereocenters. The number of phenols is 3. The van der Waals surface area contributed by atoms with E-state index in [2.05, 4.69) is 0 Å². The highest BCUT2D eigenvalue weighted by Crippen LogP contribution is 2.40. The summed E-state index contributed by atoms with van der Waals surface area (Å²) >= 11 is 0. The van der Waals surface area contributed by atoms with Crippen LogP contribution >= 0.6 is 0 Å². The third-order valence-corrected chi connectivity index (χ3v) is 3.33. The van der Waals surface area contributed by atoms with Crippen molar-refractivity contribution in [2.45, 2.75) is 5.92 Å². The third kappa shape index (κ3) is 1.93. The van der Waals surface area contributed by atoms with Crippen LogP contribution in [0.2, 0.25) is 0 Å². The number of ketones is 1. The monoisotopic (exact) mass is 272 g/mol. The number of carbonyl (C=O) groups excluding carboxylic acids is 1.